The number of thioether (sulfide) groups is 1. The minimum Gasteiger partial charge on any atom is -0.351 e. The highest BCUT2D eigenvalue weighted by Crippen LogP contribution is 2.27. The van der Waals surface area contributed by atoms with Crippen LogP contribution in [0, 0.1) is 0 Å². The predicted molar refractivity (Wildman–Crippen MR) is 133 cm³/mol. The van der Waals surface area contributed by atoms with Gasteiger partial charge in [-0.15, -0.1) is 0 Å². The van der Waals surface area contributed by atoms with Gasteiger partial charge in [-0.05, 0) is 61.7 Å². The van der Waals surface area contributed by atoms with Crippen LogP contribution in [0.3, 0.4) is 0 Å². The van der Waals surface area contributed by atoms with Crippen molar-refractivity contribution >= 4 is 55.9 Å². The quantitative estimate of drug-likeness (QED) is 0.426. The first kappa shape index (κ1) is 23.4. The van der Waals surface area contributed by atoms with Gasteiger partial charge in [0.2, 0.25) is 16.0 Å². The number of nitrogens with zero attached hydrogens (tertiary/aromatic N) is 3. The van der Waals surface area contributed by atoms with E-state index in [0.717, 1.165) is 30.0 Å². The molecule has 1 saturated heterocycles. The molecule has 12 heteroatoms. The molecule has 1 saturated carbocycles. The summed E-state index contributed by atoms with van der Waals surface area (Å²) in [5.74, 6) is -0.0203. The van der Waals surface area contributed by atoms with Crippen LogP contribution in [0.4, 0.5) is 10.7 Å². The number of pyridine rings is 1. The average molecular weight is 511 g/mol. The van der Waals surface area contributed by atoms with Gasteiger partial charge in [0.1, 0.15) is 4.90 Å². The second kappa shape index (κ2) is 9.72. The number of fused-ring (bicyclic) bond motifs is 1. The highest BCUT2D eigenvalue weighted by molar-refractivity contribution is 8.18. The average Bonchev–Trinajstić information content (AvgIpc) is 3.16. The standard InChI is InChI=1S/C23H22N6O4S2/c30-21-18(34-23(31)28-21)13-17-10-12-25-22(27-17)26-15-6-8-16(9-7-15)29-35(32,33)19-5-1-3-14-4-2-11-24-20(14)19/h1-5,10-13,15-16,29H,6-9H2,(H,25,26,27)(H,28,30,31)/b18-13-/t15-,16-. The summed E-state index contributed by atoms with van der Waals surface area (Å²) in [6.45, 7) is 0. The van der Waals surface area contributed by atoms with E-state index in [1.165, 1.54) is 0 Å². The number of nitrogens with one attached hydrogen (secondary N) is 3. The Kier molecular flexibility index (Phi) is 6.50. The fourth-order valence-corrected chi connectivity index (χ4v) is 6.34. The number of hydrogen-bond donors (Lipinski definition) is 3. The number of para-hydroxylation sites is 1. The topological polar surface area (TPSA) is 143 Å². The van der Waals surface area contributed by atoms with E-state index in [9.17, 15) is 18.0 Å². The van der Waals surface area contributed by atoms with Crippen LogP contribution >= 0.6 is 11.8 Å². The number of carbonyl (C=O) groups excluding carboxylic acids is 2. The Morgan fingerprint density at radius 3 is 2.51 bits per heavy atom. The van der Waals surface area contributed by atoms with Crippen LogP contribution in [0.5, 0.6) is 0 Å². The number of rotatable bonds is 6. The van der Waals surface area contributed by atoms with Gasteiger partial charge in [0.05, 0.1) is 16.1 Å². The van der Waals surface area contributed by atoms with E-state index in [2.05, 4.69) is 30.3 Å². The molecular formula is C23H22N6O4S2. The van der Waals surface area contributed by atoms with E-state index in [0.29, 0.717) is 30.0 Å². The van der Waals surface area contributed by atoms with Gasteiger partial charge in [0, 0.05) is 29.9 Å². The fourth-order valence-electron chi connectivity index (χ4n) is 4.19. The van der Waals surface area contributed by atoms with Gasteiger partial charge < -0.3 is 5.32 Å². The molecule has 3 aromatic rings. The van der Waals surface area contributed by atoms with Crippen LogP contribution in [0.25, 0.3) is 17.0 Å². The minimum absolute atomic E-state index is 0.0867. The third-order valence-corrected chi connectivity index (χ3v) is 8.23. The lowest BCUT2D eigenvalue weighted by molar-refractivity contribution is -0.115. The lowest BCUT2D eigenvalue weighted by Crippen LogP contribution is -2.40. The molecule has 0 unspecified atom stereocenters. The molecule has 0 spiro atoms. The van der Waals surface area contributed by atoms with Crippen LogP contribution in [0.1, 0.15) is 31.4 Å². The minimum atomic E-state index is -3.71. The number of anilines is 1. The Morgan fingerprint density at radius 2 is 1.74 bits per heavy atom. The molecule has 3 heterocycles. The van der Waals surface area contributed by atoms with Crippen molar-refractivity contribution in [2.75, 3.05) is 5.32 Å². The lowest BCUT2D eigenvalue weighted by atomic mass is 9.92. The van der Waals surface area contributed by atoms with Gasteiger partial charge in [-0.1, -0.05) is 18.2 Å². The van der Waals surface area contributed by atoms with Crippen molar-refractivity contribution < 1.29 is 18.0 Å². The number of benzene rings is 1. The van der Waals surface area contributed by atoms with Crippen molar-refractivity contribution in [3.05, 3.63) is 59.4 Å². The fraction of sp³-hybridized carbons (Fsp3) is 0.261. The zero-order chi connectivity index (χ0) is 24.4. The molecule has 5 rings (SSSR count). The Morgan fingerprint density at radius 1 is 0.971 bits per heavy atom. The first-order valence-corrected chi connectivity index (χ1v) is 13.4. The molecule has 1 aliphatic heterocycles. The van der Waals surface area contributed by atoms with E-state index in [1.54, 1.807) is 42.7 Å². The summed E-state index contributed by atoms with van der Waals surface area (Å²) in [7, 11) is -3.71. The molecule has 2 fully saturated rings. The highest BCUT2D eigenvalue weighted by atomic mass is 32.2. The summed E-state index contributed by atoms with van der Waals surface area (Å²) in [6.07, 6.45) is 7.53. The SMILES string of the molecule is O=C1NC(=O)/C(=C/c2ccnc(N[C@H]3CC[C@H](NS(=O)(=O)c4cccc5cccnc45)CC3)n2)S1. The second-order valence-electron chi connectivity index (χ2n) is 8.30. The molecule has 2 aromatic heterocycles. The van der Waals surface area contributed by atoms with E-state index in [1.807, 2.05) is 12.1 Å². The van der Waals surface area contributed by atoms with Crippen molar-refractivity contribution in [2.24, 2.45) is 0 Å². The zero-order valence-corrected chi connectivity index (χ0v) is 20.1. The second-order valence-corrected chi connectivity index (χ2v) is 11.0. The van der Waals surface area contributed by atoms with Crippen LogP contribution in [-0.2, 0) is 14.8 Å². The van der Waals surface area contributed by atoms with E-state index >= 15 is 0 Å². The van der Waals surface area contributed by atoms with Crippen molar-refractivity contribution in [3.8, 4) is 0 Å². The van der Waals surface area contributed by atoms with Crippen molar-refractivity contribution in [1.82, 2.24) is 25.0 Å². The first-order chi connectivity index (χ1) is 16.9. The number of sulfonamides is 1. The molecule has 1 aliphatic carbocycles. The van der Waals surface area contributed by atoms with Crippen LogP contribution in [0.15, 0.2) is 58.6 Å². The maximum absolute atomic E-state index is 13.1. The normalized spacial score (nSPS) is 21.9. The summed E-state index contributed by atoms with van der Waals surface area (Å²) in [6, 6.07) is 10.3. The van der Waals surface area contributed by atoms with Crippen LogP contribution < -0.4 is 15.4 Å². The van der Waals surface area contributed by atoms with E-state index in [-0.39, 0.29) is 21.9 Å². The molecular weight excluding hydrogens is 488 g/mol. The molecule has 10 nitrogen and oxygen atoms in total. The maximum atomic E-state index is 13.1. The number of aromatic nitrogens is 3. The molecule has 0 radical (unpaired) electrons. The lowest BCUT2D eigenvalue weighted by Gasteiger charge is -2.29. The van der Waals surface area contributed by atoms with Gasteiger partial charge in [-0.2, -0.15) is 0 Å². The number of carbonyl (C=O) groups is 2. The molecule has 3 N–H and O–H groups in total. The summed E-state index contributed by atoms with van der Waals surface area (Å²) in [4.78, 5) is 36.5. The molecule has 0 atom stereocenters. The highest BCUT2D eigenvalue weighted by Gasteiger charge is 2.28. The number of amides is 2. The van der Waals surface area contributed by atoms with E-state index < -0.39 is 21.2 Å². The van der Waals surface area contributed by atoms with Crippen molar-refractivity contribution in [2.45, 2.75) is 42.7 Å². The Balaban J connectivity index is 1.20. The summed E-state index contributed by atoms with van der Waals surface area (Å²) >= 11 is 0.834. The first-order valence-electron chi connectivity index (χ1n) is 11.1. The molecule has 0 bridgehead atoms. The Bertz CT molecular complexity index is 1430. The third-order valence-electron chi connectivity index (χ3n) is 5.87. The smallest absolute Gasteiger partial charge is 0.290 e. The Hall–Kier alpha value is -3.35. The van der Waals surface area contributed by atoms with Crippen LogP contribution in [0.2, 0.25) is 0 Å². The van der Waals surface area contributed by atoms with Crippen LogP contribution in [-0.4, -0.2) is 46.6 Å². The predicted octanol–water partition coefficient (Wildman–Crippen LogP) is 3.05. The molecule has 1 aromatic carbocycles. The Labute approximate surface area is 206 Å². The van der Waals surface area contributed by atoms with Gasteiger partial charge in [0.25, 0.3) is 11.1 Å². The number of hydrogen-bond acceptors (Lipinski definition) is 9. The van der Waals surface area contributed by atoms with Crippen molar-refractivity contribution in [1.29, 1.82) is 0 Å². The monoisotopic (exact) mass is 510 g/mol. The summed E-state index contributed by atoms with van der Waals surface area (Å²) in [5, 5.41) is 5.88. The zero-order valence-electron chi connectivity index (χ0n) is 18.5. The molecule has 180 valence electrons. The van der Waals surface area contributed by atoms with E-state index in [4.69, 9.17) is 0 Å². The maximum Gasteiger partial charge on any atom is 0.290 e. The van der Waals surface area contributed by atoms with Gasteiger partial charge >= 0.3 is 0 Å². The molecule has 2 amide bonds. The van der Waals surface area contributed by atoms with Gasteiger partial charge in [0.15, 0.2) is 0 Å². The third kappa shape index (κ3) is 5.34. The van der Waals surface area contributed by atoms with Gasteiger partial charge in [-0.25, -0.2) is 23.1 Å². The summed E-state index contributed by atoms with van der Waals surface area (Å²) < 4.78 is 29.0. The number of imide groups is 1. The van der Waals surface area contributed by atoms with Crippen molar-refractivity contribution in [3.63, 3.8) is 0 Å². The molecule has 35 heavy (non-hydrogen) atoms. The van der Waals surface area contributed by atoms with Gasteiger partial charge in [-0.3, -0.25) is 19.9 Å². The molecule has 2 aliphatic rings. The largest absolute Gasteiger partial charge is 0.351 e. The summed E-state index contributed by atoms with van der Waals surface area (Å²) in [5.41, 5.74) is 0.975.